The average Bonchev–Trinajstić information content (AvgIpc) is 2.49. The molecule has 89 heavy (non-hydrogen) atoms. The smallest absolute Gasteiger partial charge is 0.326 e. The Kier molecular flexibility index (Phi) is 23.6. The second-order valence-corrected chi connectivity index (χ2v) is 21.9. The highest BCUT2D eigenvalue weighted by atomic mass is 16.4. The number of aliphatic hydroxyl groups excluding tert-OH is 2. The lowest BCUT2D eigenvalue weighted by Gasteiger charge is -2.30. The molecule has 29 nitrogen and oxygen atoms in total. The van der Waals surface area contributed by atoms with Crippen LogP contribution in [0.2, 0.25) is 0 Å². The van der Waals surface area contributed by atoms with Crippen molar-refractivity contribution in [1.29, 1.82) is 0 Å². The van der Waals surface area contributed by atoms with Crippen molar-refractivity contribution in [3.63, 3.8) is 0 Å². The number of imidazole rings is 1. The van der Waals surface area contributed by atoms with Crippen molar-refractivity contribution in [2.24, 2.45) is 11.7 Å². The topological polar surface area (TPSA) is 454 Å². The van der Waals surface area contributed by atoms with E-state index in [4.69, 9.17) is 10.8 Å². The highest BCUT2D eigenvalue weighted by molar-refractivity contribution is 5.99. The van der Waals surface area contributed by atoms with Crippen molar-refractivity contribution in [3.8, 4) is 0 Å². The summed E-state index contributed by atoms with van der Waals surface area (Å²) in [6, 6.07) is 9.67. The van der Waals surface area contributed by atoms with Gasteiger partial charge in [0, 0.05) is 84.7 Å². The molecule has 29 heteroatoms. The van der Waals surface area contributed by atoms with Crippen LogP contribution in [-0.4, -0.2) is 191 Å². The molecule has 9 atom stereocenters. The summed E-state index contributed by atoms with van der Waals surface area (Å²) in [4.78, 5) is 163. The van der Waals surface area contributed by atoms with Gasteiger partial charge in [-0.25, -0.2) is 9.78 Å². The number of hydrogen-bond donors (Lipinski definition) is 16. The molecule has 1 aliphatic heterocycles. The minimum atomic E-state index is -1.76. The van der Waals surface area contributed by atoms with Crippen LogP contribution in [0, 0.1) is 5.92 Å². The number of carboxylic acids is 2. The molecule has 3 aromatic carbocycles. The number of carboxylic acid groups (broad SMARTS) is 2. The number of amides is 9. The molecular weight excluding hydrogens is 1160 g/mol. The van der Waals surface area contributed by atoms with Crippen molar-refractivity contribution in [2.45, 2.75) is 120 Å². The number of aliphatic hydroxyl groups is 2. The van der Waals surface area contributed by atoms with Gasteiger partial charge in [-0.05, 0) is 54.0 Å². The van der Waals surface area contributed by atoms with E-state index in [1.54, 1.807) is 105 Å². The summed E-state index contributed by atoms with van der Waals surface area (Å²) in [7, 11) is 0. The second kappa shape index (κ2) is 31.6. The van der Waals surface area contributed by atoms with Crippen molar-refractivity contribution in [3.05, 3.63) is 126 Å². The fraction of sp³-hybridized carbons (Fsp3) is 0.400. The molecule has 3 aromatic heterocycles. The number of nitrogens with one attached hydrogen (secondary N) is 11. The largest absolute Gasteiger partial charge is 0.481 e. The second-order valence-electron chi connectivity index (χ2n) is 21.9. The fourth-order valence-corrected chi connectivity index (χ4v) is 10.3. The normalized spacial score (nSPS) is 15.7. The standard InChI is InChI=1S/C60H74N14O15/c1-32(2)51(58(86)70-45(23-35-26-64-41-16-9-7-14-38(35)41)55(83)72-47(30-76)59(87)74-20-10-17-48(74)57(85)68-42(60(88)89)18-19-50(78)79)73-56(84)46(29-75)71-54(82)44(22-34-25-63-40-15-8-6-13-37(34)40)69-53(81)43(21-33-11-4-3-5-12-33)67-49(77)28-65-52(80)39(61)24-36-27-62-31-66-36/h3-9,11-16,25-27,31-32,39,42-48,51,63-64,75-76H,10,17-24,28-30,61H2,1-2H3,(H,62,66)(H,65,80)(H,67,77)(H,68,85)(H,69,81)(H,70,86)(H,71,82)(H,72,83)(H,73,84)(H,78,79)(H,88,89)/t39-,42-,43-,44-,45-,46-,47-,48-,51-/m0/s1. The number of aliphatic carboxylic acids is 2. The average molecular weight is 1230 g/mol. The molecule has 7 rings (SSSR count). The Labute approximate surface area is 509 Å². The van der Waals surface area contributed by atoms with Gasteiger partial charge in [0.05, 0.1) is 32.1 Å². The first kappa shape index (κ1) is 66.5. The summed E-state index contributed by atoms with van der Waals surface area (Å²) in [5, 5.41) is 61.7. The van der Waals surface area contributed by atoms with Gasteiger partial charge in [-0.15, -0.1) is 0 Å². The monoisotopic (exact) mass is 1230 g/mol. The lowest BCUT2D eigenvalue weighted by atomic mass is 10.00. The van der Waals surface area contributed by atoms with Crippen LogP contribution in [0.5, 0.6) is 0 Å². The van der Waals surface area contributed by atoms with Crippen LogP contribution in [0.15, 0.2) is 104 Å². The molecule has 0 bridgehead atoms. The van der Waals surface area contributed by atoms with E-state index in [1.807, 2.05) is 0 Å². The van der Waals surface area contributed by atoms with E-state index < -0.39 is 158 Å². The first-order valence-corrected chi connectivity index (χ1v) is 28.9. The number of benzene rings is 3. The number of para-hydroxylation sites is 2. The number of nitrogens with zero attached hydrogens (tertiary/aromatic N) is 2. The number of nitrogens with two attached hydrogens (primary N) is 1. The number of rotatable bonds is 32. The number of hydrogen-bond acceptors (Lipinski definition) is 15. The fourth-order valence-electron chi connectivity index (χ4n) is 10.3. The van der Waals surface area contributed by atoms with Crippen molar-refractivity contribution < 1.29 is 73.2 Å². The van der Waals surface area contributed by atoms with Gasteiger partial charge in [0.1, 0.15) is 48.3 Å². The van der Waals surface area contributed by atoms with Gasteiger partial charge in [0.25, 0.3) is 0 Å². The van der Waals surface area contributed by atoms with Crippen molar-refractivity contribution in [2.75, 3.05) is 26.3 Å². The van der Waals surface area contributed by atoms with E-state index in [2.05, 4.69) is 62.5 Å². The Balaban J connectivity index is 1.07. The van der Waals surface area contributed by atoms with Crippen LogP contribution in [0.25, 0.3) is 21.8 Å². The van der Waals surface area contributed by atoms with E-state index in [1.165, 1.54) is 12.5 Å². The van der Waals surface area contributed by atoms with E-state index >= 15 is 0 Å². The summed E-state index contributed by atoms with van der Waals surface area (Å²) in [5.74, 6) is -11.5. The Hall–Kier alpha value is -10.00. The van der Waals surface area contributed by atoms with Gasteiger partial charge in [-0.1, -0.05) is 80.6 Å². The number of carbonyl (C=O) groups is 11. The maximum absolute atomic E-state index is 14.6. The Bertz CT molecular complexity index is 3480. The minimum absolute atomic E-state index is 0.0279. The third-order valence-corrected chi connectivity index (χ3v) is 15.1. The molecule has 17 N–H and O–H groups in total. The van der Waals surface area contributed by atoms with Gasteiger partial charge >= 0.3 is 11.9 Å². The summed E-state index contributed by atoms with van der Waals surface area (Å²) in [6.45, 7) is 0.545. The highest BCUT2D eigenvalue weighted by Gasteiger charge is 2.41. The molecule has 0 spiro atoms. The zero-order chi connectivity index (χ0) is 64.3. The SMILES string of the molecule is CC(C)[C@H](NC(=O)[C@H](CO)NC(=O)[C@H](Cc1c[nH]c2ccccc12)NC(=O)[C@H](Cc1ccccc1)NC(=O)CNC(=O)[C@@H](N)Cc1cnc[nH]1)C(=O)N[C@@H](Cc1c[nH]c2ccccc12)C(=O)N[C@@H](CO)C(=O)N1CCC[C@H]1C(=O)N[C@@H](CCC(=O)O)C(=O)O. The molecule has 1 saturated heterocycles. The quantitative estimate of drug-likeness (QED) is 0.0218. The van der Waals surface area contributed by atoms with E-state index in [9.17, 15) is 68.1 Å². The van der Waals surface area contributed by atoms with Crippen molar-refractivity contribution in [1.82, 2.24) is 67.4 Å². The lowest BCUT2D eigenvalue weighted by Crippen LogP contribution is -2.62. The van der Waals surface area contributed by atoms with E-state index in [0.717, 1.165) is 4.90 Å². The first-order valence-electron chi connectivity index (χ1n) is 28.9. The molecule has 6 aromatic rings. The predicted octanol–water partition coefficient (Wildman–Crippen LogP) is -1.94. The van der Waals surface area contributed by atoms with Gasteiger partial charge in [0.2, 0.25) is 53.2 Å². The zero-order valence-electron chi connectivity index (χ0n) is 48.8. The first-order chi connectivity index (χ1) is 42.6. The Morgan fingerprint density at radius 2 is 1.15 bits per heavy atom. The van der Waals surface area contributed by atoms with Gasteiger partial charge in [-0.3, -0.25) is 47.9 Å². The van der Waals surface area contributed by atoms with E-state index in [0.29, 0.717) is 44.2 Å². The number of aromatic amines is 3. The van der Waals surface area contributed by atoms with Crippen LogP contribution >= 0.6 is 0 Å². The molecule has 9 amide bonds. The number of carbonyl (C=O) groups excluding carboxylic acids is 9. The minimum Gasteiger partial charge on any atom is -0.481 e. The van der Waals surface area contributed by atoms with Crippen LogP contribution in [-0.2, 0) is 78.4 Å². The molecule has 1 aliphatic rings. The number of fused-ring (bicyclic) bond motifs is 2. The number of aromatic nitrogens is 4. The summed E-state index contributed by atoms with van der Waals surface area (Å²) in [6.07, 6.45) is 5.14. The molecule has 4 heterocycles. The molecule has 0 saturated carbocycles. The number of likely N-dealkylation sites (tertiary alicyclic amines) is 1. The van der Waals surface area contributed by atoms with Crippen LogP contribution in [0.3, 0.4) is 0 Å². The van der Waals surface area contributed by atoms with Gasteiger partial charge in [0.15, 0.2) is 0 Å². The summed E-state index contributed by atoms with van der Waals surface area (Å²) in [5.41, 5.74) is 9.73. The number of H-pyrrole nitrogens is 3. The van der Waals surface area contributed by atoms with Gasteiger partial charge < -0.3 is 88.5 Å². The van der Waals surface area contributed by atoms with Crippen LogP contribution < -0.4 is 48.3 Å². The maximum atomic E-state index is 14.6. The predicted molar refractivity (Wildman–Crippen MR) is 319 cm³/mol. The molecule has 0 radical (unpaired) electrons. The third kappa shape index (κ3) is 18.3. The molecular formula is C60H74N14O15. The summed E-state index contributed by atoms with van der Waals surface area (Å²) < 4.78 is 0. The van der Waals surface area contributed by atoms with Gasteiger partial charge in [-0.2, -0.15) is 0 Å². The summed E-state index contributed by atoms with van der Waals surface area (Å²) >= 11 is 0. The molecule has 1 fully saturated rings. The maximum Gasteiger partial charge on any atom is 0.326 e. The molecule has 0 aliphatic carbocycles. The highest BCUT2D eigenvalue weighted by Crippen LogP contribution is 2.23. The van der Waals surface area contributed by atoms with Crippen LogP contribution in [0.4, 0.5) is 0 Å². The third-order valence-electron chi connectivity index (χ3n) is 15.1. The lowest BCUT2D eigenvalue weighted by molar-refractivity contribution is -0.146. The zero-order valence-corrected chi connectivity index (χ0v) is 48.8. The molecule has 0 unspecified atom stereocenters. The molecule has 474 valence electrons. The Morgan fingerprint density at radius 1 is 0.607 bits per heavy atom. The van der Waals surface area contributed by atoms with Crippen LogP contribution in [0.1, 0.15) is 61.9 Å². The van der Waals surface area contributed by atoms with Crippen molar-refractivity contribution >= 4 is 86.9 Å². The van der Waals surface area contributed by atoms with E-state index in [-0.39, 0.29) is 45.1 Å². The Morgan fingerprint density at radius 3 is 1.70 bits per heavy atom.